The number of benzene rings is 2. The van der Waals surface area contributed by atoms with Crippen molar-refractivity contribution in [3.05, 3.63) is 65.7 Å². The van der Waals surface area contributed by atoms with Gasteiger partial charge in [0.2, 0.25) is 11.8 Å². The number of phenolic OH excluding ortho intramolecular Hbond substituents is 1. The number of hydrogen-bond acceptors (Lipinski definition) is 5. The minimum Gasteiger partial charge on any atom is -0.508 e. The molecule has 2 amide bonds. The van der Waals surface area contributed by atoms with Crippen LogP contribution in [0.15, 0.2) is 54.6 Å². The average Bonchev–Trinajstić information content (AvgIpc) is 3.30. The van der Waals surface area contributed by atoms with Gasteiger partial charge >= 0.3 is 5.97 Å². The number of aliphatic carboxylic acids is 1. The number of carbonyl (C=O) groups is 3. The smallest absolute Gasteiger partial charge is 0.326 e. The van der Waals surface area contributed by atoms with Gasteiger partial charge in [-0.25, -0.2) is 4.79 Å². The molecular weight excluding hydrogens is 398 g/mol. The third-order valence-electron chi connectivity index (χ3n) is 5.28. The Morgan fingerprint density at radius 2 is 1.58 bits per heavy atom. The van der Waals surface area contributed by atoms with Crippen LogP contribution in [0.25, 0.3) is 0 Å². The zero-order valence-corrected chi connectivity index (χ0v) is 17.1. The Morgan fingerprint density at radius 3 is 2.19 bits per heavy atom. The van der Waals surface area contributed by atoms with Crippen molar-refractivity contribution >= 4 is 17.8 Å². The number of aromatic hydroxyl groups is 1. The molecule has 3 rings (SSSR count). The van der Waals surface area contributed by atoms with Crippen molar-refractivity contribution in [1.29, 1.82) is 0 Å². The van der Waals surface area contributed by atoms with Crippen molar-refractivity contribution in [3.8, 4) is 5.75 Å². The molecule has 0 radical (unpaired) electrons. The topological polar surface area (TPSA) is 128 Å². The molecule has 0 spiro atoms. The van der Waals surface area contributed by atoms with Crippen molar-refractivity contribution in [3.63, 3.8) is 0 Å². The summed E-state index contributed by atoms with van der Waals surface area (Å²) >= 11 is 0. The molecule has 0 bridgehead atoms. The number of phenols is 1. The second-order valence-corrected chi connectivity index (χ2v) is 7.67. The highest BCUT2D eigenvalue weighted by Crippen LogP contribution is 2.13. The highest BCUT2D eigenvalue weighted by molar-refractivity contribution is 5.92. The lowest BCUT2D eigenvalue weighted by atomic mass is 10.0. The summed E-state index contributed by atoms with van der Waals surface area (Å²) in [6.07, 6.45) is 1.87. The first-order valence-electron chi connectivity index (χ1n) is 10.3. The summed E-state index contributed by atoms with van der Waals surface area (Å²) in [7, 11) is 0. The maximum atomic E-state index is 13.0. The number of amides is 2. The van der Waals surface area contributed by atoms with Crippen molar-refractivity contribution < 1.29 is 24.6 Å². The number of carbonyl (C=O) groups excluding carboxylic acids is 2. The molecule has 5 N–H and O–H groups in total. The summed E-state index contributed by atoms with van der Waals surface area (Å²) in [4.78, 5) is 37.4. The Balaban J connectivity index is 1.73. The van der Waals surface area contributed by atoms with Gasteiger partial charge in [-0.15, -0.1) is 0 Å². The molecule has 8 heteroatoms. The van der Waals surface area contributed by atoms with Gasteiger partial charge in [0.1, 0.15) is 17.8 Å². The Hall–Kier alpha value is -3.39. The molecule has 164 valence electrons. The molecule has 1 aliphatic heterocycles. The van der Waals surface area contributed by atoms with Crippen molar-refractivity contribution in [2.24, 2.45) is 0 Å². The van der Waals surface area contributed by atoms with E-state index in [9.17, 15) is 24.6 Å². The second-order valence-electron chi connectivity index (χ2n) is 7.67. The van der Waals surface area contributed by atoms with Gasteiger partial charge in [-0.3, -0.25) is 9.59 Å². The molecule has 3 atom stereocenters. The van der Waals surface area contributed by atoms with E-state index in [2.05, 4.69) is 16.0 Å². The molecule has 1 heterocycles. The molecule has 0 unspecified atom stereocenters. The summed E-state index contributed by atoms with van der Waals surface area (Å²) in [6, 6.07) is 12.9. The first-order valence-corrected chi connectivity index (χ1v) is 10.3. The van der Waals surface area contributed by atoms with Crippen LogP contribution in [-0.2, 0) is 27.2 Å². The first kappa shape index (κ1) is 22.3. The second kappa shape index (κ2) is 10.6. The van der Waals surface area contributed by atoms with Gasteiger partial charge in [0, 0.05) is 12.8 Å². The van der Waals surface area contributed by atoms with Gasteiger partial charge < -0.3 is 26.2 Å². The maximum Gasteiger partial charge on any atom is 0.326 e. The zero-order valence-electron chi connectivity index (χ0n) is 17.1. The largest absolute Gasteiger partial charge is 0.508 e. The summed E-state index contributed by atoms with van der Waals surface area (Å²) in [5.41, 5.74) is 1.51. The van der Waals surface area contributed by atoms with Crippen molar-refractivity contribution in [1.82, 2.24) is 16.0 Å². The molecule has 0 aliphatic carbocycles. The predicted molar refractivity (Wildman–Crippen MR) is 114 cm³/mol. The van der Waals surface area contributed by atoms with E-state index in [0.29, 0.717) is 6.42 Å². The number of carboxylic acid groups (broad SMARTS) is 1. The summed E-state index contributed by atoms with van der Waals surface area (Å²) < 4.78 is 0. The Morgan fingerprint density at radius 1 is 0.935 bits per heavy atom. The minimum absolute atomic E-state index is 0.0951. The molecule has 31 heavy (non-hydrogen) atoms. The van der Waals surface area contributed by atoms with Crippen LogP contribution in [0.1, 0.15) is 24.0 Å². The highest BCUT2D eigenvalue weighted by Gasteiger charge is 2.30. The number of nitrogens with one attached hydrogen (secondary N) is 3. The molecule has 1 aliphatic rings. The van der Waals surface area contributed by atoms with E-state index in [-0.39, 0.29) is 30.5 Å². The molecule has 0 aromatic heterocycles. The van der Waals surface area contributed by atoms with Crippen molar-refractivity contribution in [2.75, 3.05) is 6.54 Å². The van der Waals surface area contributed by atoms with Gasteiger partial charge in [0.05, 0.1) is 6.04 Å². The predicted octanol–water partition coefficient (Wildman–Crippen LogP) is 0.984. The van der Waals surface area contributed by atoms with Crippen LogP contribution in [0.4, 0.5) is 0 Å². The Kier molecular flexibility index (Phi) is 7.61. The highest BCUT2D eigenvalue weighted by atomic mass is 16.4. The van der Waals surface area contributed by atoms with E-state index in [1.165, 1.54) is 12.1 Å². The van der Waals surface area contributed by atoms with E-state index < -0.39 is 24.0 Å². The van der Waals surface area contributed by atoms with E-state index in [1.54, 1.807) is 36.4 Å². The fourth-order valence-corrected chi connectivity index (χ4v) is 3.58. The number of rotatable bonds is 9. The lowest BCUT2D eigenvalue weighted by molar-refractivity contribution is -0.142. The average molecular weight is 425 g/mol. The van der Waals surface area contributed by atoms with Gasteiger partial charge in [-0.05, 0) is 42.6 Å². The van der Waals surface area contributed by atoms with Crippen LogP contribution < -0.4 is 16.0 Å². The van der Waals surface area contributed by atoms with Crippen LogP contribution in [-0.4, -0.2) is 52.7 Å². The molecule has 1 saturated heterocycles. The van der Waals surface area contributed by atoms with E-state index in [1.807, 2.05) is 6.07 Å². The summed E-state index contributed by atoms with van der Waals surface area (Å²) in [6.45, 7) is 0.741. The quantitative estimate of drug-likeness (QED) is 0.408. The minimum atomic E-state index is -1.15. The molecular formula is C23H27N3O5. The van der Waals surface area contributed by atoms with E-state index in [4.69, 9.17) is 0 Å². The maximum absolute atomic E-state index is 13.0. The third-order valence-corrected chi connectivity index (χ3v) is 5.28. The normalized spacial score (nSPS) is 17.5. The summed E-state index contributed by atoms with van der Waals surface area (Å²) in [5.74, 6) is -1.91. The van der Waals surface area contributed by atoms with Gasteiger partial charge in [0.25, 0.3) is 0 Å². The Bertz CT molecular complexity index is 895. The van der Waals surface area contributed by atoms with Crippen LogP contribution >= 0.6 is 0 Å². The van der Waals surface area contributed by atoms with E-state index in [0.717, 1.165) is 24.1 Å². The molecule has 2 aromatic carbocycles. The van der Waals surface area contributed by atoms with Gasteiger partial charge in [-0.2, -0.15) is 0 Å². The van der Waals surface area contributed by atoms with Gasteiger partial charge in [0.15, 0.2) is 0 Å². The third kappa shape index (κ3) is 6.55. The van der Waals surface area contributed by atoms with Crippen molar-refractivity contribution in [2.45, 2.75) is 43.8 Å². The lowest BCUT2D eigenvalue weighted by Gasteiger charge is -2.23. The SMILES string of the molecule is O=C(O)[C@H](Cc1ccccc1)NC(=O)[C@H](Cc1ccc(O)cc1)NC(=O)[C@H]1CCCN1. The molecule has 0 saturated carbocycles. The molecule has 1 fully saturated rings. The summed E-state index contributed by atoms with van der Waals surface area (Å²) in [5, 5.41) is 27.5. The lowest BCUT2D eigenvalue weighted by Crippen LogP contribution is -2.55. The first-order chi connectivity index (χ1) is 14.9. The Labute approximate surface area is 180 Å². The fourth-order valence-electron chi connectivity index (χ4n) is 3.58. The fraction of sp³-hybridized carbons (Fsp3) is 0.348. The number of carboxylic acids is 1. The number of hydrogen-bond donors (Lipinski definition) is 5. The van der Waals surface area contributed by atoms with E-state index >= 15 is 0 Å². The molecule has 2 aromatic rings. The van der Waals surface area contributed by atoms with Crippen LogP contribution in [0, 0.1) is 0 Å². The monoisotopic (exact) mass is 425 g/mol. The van der Waals surface area contributed by atoms with Gasteiger partial charge in [-0.1, -0.05) is 42.5 Å². The molecule has 8 nitrogen and oxygen atoms in total. The standard InChI is InChI=1S/C23H27N3O5/c27-17-10-8-16(9-11-17)13-19(25-21(28)18-7-4-12-24-18)22(29)26-20(23(30)31)14-15-5-2-1-3-6-15/h1-3,5-6,8-11,18-20,24,27H,4,7,12-14H2,(H,25,28)(H,26,29)(H,30,31)/t18-,19+,20+/m1/s1. The van der Waals surface area contributed by atoms with Crippen LogP contribution in [0.3, 0.4) is 0 Å². The van der Waals surface area contributed by atoms with Crippen LogP contribution in [0.2, 0.25) is 0 Å². The van der Waals surface area contributed by atoms with Crippen LogP contribution in [0.5, 0.6) is 5.75 Å². The zero-order chi connectivity index (χ0) is 22.2.